The molecular weight excluding hydrogens is 263 g/mol. The zero-order valence-corrected chi connectivity index (χ0v) is 10.4. The maximum Gasteiger partial charge on any atom is 0.246 e. The van der Waals surface area contributed by atoms with Crippen molar-refractivity contribution >= 4 is 40.7 Å². The number of carbonyl (C=O) groups is 2. The molecule has 1 aromatic carbocycles. The van der Waals surface area contributed by atoms with Gasteiger partial charge in [0.15, 0.2) is 0 Å². The van der Waals surface area contributed by atoms with Gasteiger partial charge in [-0.25, -0.2) is 0 Å². The third-order valence-electron chi connectivity index (χ3n) is 2.52. The molecule has 0 bridgehead atoms. The SMILES string of the molecule is O=C1CCN(c2ccc(Cl)c(Cl)c2)C(=O)CN1. The molecule has 4 nitrogen and oxygen atoms in total. The van der Waals surface area contributed by atoms with E-state index in [1.165, 1.54) is 4.90 Å². The lowest BCUT2D eigenvalue weighted by atomic mass is 10.2. The van der Waals surface area contributed by atoms with Gasteiger partial charge < -0.3 is 10.2 Å². The van der Waals surface area contributed by atoms with Crippen LogP contribution < -0.4 is 10.2 Å². The Balaban J connectivity index is 2.28. The molecule has 0 atom stereocenters. The van der Waals surface area contributed by atoms with Gasteiger partial charge in [0.2, 0.25) is 11.8 Å². The minimum absolute atomic E-state index is 0.0130. The summed E-state index contributed by atoms with van der Waals surface area (Å²) in [4.78, 5) is 24.5. The van der Waals surface area contributed by atoms with Crippen LogP contribution in [0.4, 0.5) is 5.69 Å². The highest BCUT2D eigenvalue weighted by molar-refractivity contribution is 6.42. The van der Waals surface area contributed by atoms with E-state index >= 15 is 0 Å². The molecule has 90 valence electrons. The Morgan fingerprint density at radius 2 is 1.94 bits per heavy atom. The Bertz CT molecular complexity index is 477. The number of hydrogen-bond donors (Lipinski definition) is 1. The number of halogens is 2. The normalized spacial score (nSPS) is 16.7. The fourth-order valence-corrected chi connectivity index (χ4v) is 1.91. The monoisotopic (exact) mass is 272 g/mol. The molecule has 17 heavy (non-hydrogen) atoms. The standard InChI is InChI=1S/C11H10Cl2N2O2/c12-8-2-1-7(5-9(8)13)15-4-3-10(16)14-6-11(15)17/h1-2,5H,3-4,6H2,(H,14,16). The predicted molar refractivity (Wildman–Crippen MR) is 66.4 cm³/mol. The summed E-state index contributed by atoms with van der Waals surface area (Å²) in [5.41, 5.74) is 0.654. The number of benzene rings is 1. The Hall–Kier alpha value is -1.26. The smallest absolute Gasteiger partial charge is 0.246 e. The summed E-state index contributed by atoms with van der Waals surface area (Å²) < 4.78 is 0. The largest absolute Gasteiger partial charge is 0.347 e. The molecule has 1 N–H and O–H groups in total. The molecule has 0 saturated carbocycles. The van der Waals surface area contributed by atoms with Crippen LogP contribution in [-0.4, -0.2) is 24.9 Å². The third kappa shape index (κ3) is 2.70. The van der Waals surface area contributed by atoms with Gasteiger partial charge >= 0.3 is 0 Å². The molecule has 0 aliphatic carbocycles. The highest BCUT2D eigenvalue weighted by Gasteiger charge is 2.21. The van der Waals surface area contributed by atoms with E-state index in [4.69, 9.17) is 23.2 Å². The summed E-state index contributed by atoms with van der Waals surface area (Å²) in [6.45, 7) is 0.363. The van der Waals surface area contributed by atoms with Crippen LogP contribution in [0.15, 0.2) is 18.2 Å². The maximum absolute atomic E-state index is 11.8. The Morgan fingerprint density at radius 1 is 1.18 bits per heavy atom. The van der Waals surface area contributed by atoms with Crippen LogP contribution in [0.1, 0.15) is 6.42 Å². The summed E-state index contributed by atoms with van der Waals surface area (Å²) >= 11 is 11.7. The van der Waals surface area contributed by atoms with Crippen molar-refractivity contribution in [1.82, 2.24) is 5.32 Å². The van der Waals surface area contributed by atoms with Gasteiger partial charge in [-0.15, -0.1) is 0 Å². The number of carbonyl (C=O) groups excluding carboxylic acids is 2. The molecule has 1 aliphatic rings. The third-order valence-corrected chi connectivity index (χ3v) is 3.25. The van der Waals surface area contributed by atoms with E-state index in [2.05, 4.69) is 5.32 Å². The number of nitrogens with zero attached hydrogens (tertiary/aromatic N) is 1. The lowest BCUT2D eigenvalue weighted by Crippen LogP contribution is -2.35. The van der Waals surface area contributed by atoms with Crippen molar-refractivity contribution in [1.29, 1.82) is 0 Å². The molecule has 0 aromatic heterocycles. The molecule has 0 unspecified atom stereocenters. The zero-order valence-electron chi connectivity index (χ0n) is 8.87. The van der Waals surface area contributed by atoms with Crippen molar-refractivity contribution in [3.63, 3.8) is 0 Å². The van der Waals surface area contributed by atoms with Gasteiger partial charge in [-0.1, -0.05) is 23.2 Å². The summed E-state index contributed by atoms with van der Waals surface area (Å²) in [5, 5.41) is 3.36. The maximum atomic E-state index is 11.8. The lowest BCUT2D eigenvalue weighted by molar-refractivity contribution is -0.123. The van der Waals surface area contributed by atoms with Crippen LogP contribution in [-0.2, 0) is 9.59 Å². The van der Waals surface area contributed by atoms with Crippen LogP contribution in [0.5, 0.6) is 0 Å². The average Bonchev–Trinajstić information content (AvgIpc) is 2.46. The summed E-state index contributed by atoms with van der Waals surface area (Å²) in [6, 6.07) is 4.96. The first-order chi connectivity index (χ1) is 8.08. The van der Waals surface area contributed by atoms with Crippen molar-refractivity contribution in [2.24, 2.45) is 0 Å². The van der Waals surface area contributed by atoms with Crippen LogP contribution in [0, 0.1) is 0 Å². The number of anilines is 1. The molecule has 0 spiro atoms. The molecule has 1 aliphatic heterocycles. The molecule has 2 rings (SSSR count). The van der Waals surface area contributed by atoms with Crippen molar-refractivity contribution in [2.45, 2.75) is 6.42 Å². The Morgan fingerprint density at radius 3 is 2.65 bits per heavy atom. The van der Waals surface area contributed by atoms with Gasteiger partial charge in [0.1, 0.15) is 0 Å². The van der Waals surface area contributed by atoms with Crippen molar-refractivity contribution in [3.8, 4) is 0 Å². The number of hydrogen-bond acceptors (Lipinski definition) is 2. The first-order valence-corrected chi connectivity index (χ1v) is 5.85. The molecule has 1 aromatic rings. The van der Waals surface area contributed by atoms with E-state index in [1.54, 1.807) is 18.2 Å². The minimum atomic E-state index is -0.158. The van der Waals surface area contributed by atoms with Gasteiger partial charge in [-0.3, -0.25) is 9.59 Å². The molecule has 1 fully saturated rings. The van der Waals surface area contributed by atoms with Crippen molar-refractivity contribution < 1.29 is 9.59 Å². The van der Waals surface area contributed by atoms with Crippen LogP contribution in [0.25, 0.3) is 0 Å². The van der Waals surface area contributed by atoms with Gasteiger partial charge in [0, 0.05) is 18.7 Å². The Labute approximate surface area is 108 Å². The molecule has 0 radical (unpaired) electrons. The van der Waals surface area contributed by atoms with Crippen molar-refractivity contribution in [3.05, 3.63) is 28.2 Å². The van der Waals surface area contributed by atoms with Gasteiger partial charge in [0.05, 0.1) is 16.6 Å². The Kier molecular flexibility index (Phi) is 3.54. The first kappa shape index (κ1) is 12.2. The number of rotatable bonds is 1. The highest BCUT2D eigenvalue weighted by atomic mass is 35.5. The summed E-state index contributed by atoms with van der Waals surface area (Å²) in [7, 11) is 0. The first-order valence-electron chi connectivity index (χ1n) is 5.10. The second-order valence-corrected chi connectivity index (χ2v) is 4.48. The van der Waals surface area contributed by atoms with Gasteiger partial charge in [-0.2, -0.15) is 0 Å². The van der Waals surface area contributed by atoms with Gasteiger partial charge in [0.25, 0.3) is 0 Å². The van der Waals surface area contributed by atoms with E-state index in [9.17, 15) is 9.59 Å². The van der Waals surface area contributed by atoms with Gasteiger partial charge in [-0.05, 0) is 18.2 Å². The van der Waals surface area contributed by atoms with Crippen molar-refractivity contribution in [2.75, 3.05) is 18.0 Å². The summed E-state index contributed by atoms with van der Waals surface area (Å²) in [6.07, 6.45) is 0.284. The molecule has 1 heterocycles. The average molecular weight is 273 g/mol. The second-order valence-electron chi connectivity index (χ2n) is 3.67. The van der Waals surface area contributed by atoms with E-state index < -0.39 is 0 Å². The second kappa shape index (κ2) is 4.94. The van der Waals surface area contributed by atoms with E-state index in [1.807, 2.05) is 0 Å². The fraction of sp³-hybridized carbons (Fsp3) is 0.273. The predicted octanol–water partition coefficient (Wildman–Crippen LogP) is 1.85. The fourth-order valence-electron chi connectivity index (χ4n) is 1.62. The van der Waals surface area contributed by atoms with Crippen LogP contribution in [0.3, 0.4) is 0 Å². The van der Waals surface area contributed by atoms with Crippen LogP contribution >= 0.6 is 23.2 Å². The number of amides is 2. The number of nitrogens with one attached hydrogen (secondary N) is 1. The molecule has 1 saturated heterocycles. The quantitative estimate of drug-likeness (QED) is 0.848. The minimum Gasteiger partial charge on any atom is -0.347 e. The topological polar surface area (TPSA) is 49.4 Å². The summed E-state index contributed by atoms with van der Waals surface area (Å²) in [5.74, 6) is -0.282. The van der Waals surface area contributed by atoms with E-state index in [0.717, 1.165) is 0 Å². The zero-order chi connectivity index (χ0) is 12.4. The molecule has 6 heteroatoms. The van der Waals surface area contributed by atoms with E-state index in [-0.39, 0.29) is 24.8 Å². The molecular formula is C11H10Cl2N2O2. The lowest BCUT2D eigenvalue weighted by Gasteiger charge is -2.20. The van der Waals surface area contributed by atoms with E-state index in [0.29, 0.717) is 22.3 Å². The molecule has 2 amide bonds. The van der Waals surface area contributed by atoms with Crippen LogP contribution in [0.2, 0.25) is 10.0 Å². The highest BCUT2D eigenvalue weighted by Crippen LogP contribution is 2.27.